The van der Waals surface area contributed by atoms with Gasteiger partial charge in [0.05, 0.1) is 0 Å². The van der Waals surface area contributed by atoms with E-state index >= 15 is 0 Å². The highest BCUT2D eigenvalue weighted by Crippen LogP contribution is 2.17. The van der Waals surface area contributed by atoms with Crippen molar-refractivity contribution in [2.75, 3.05) is 13.2 Å². The van der Waals surface area contributed by atoms with E-state index in [1.807, 2.05) is 0 Å². The summed E-state index contributed by atoms with van der Waals surface area (Å²) in [6, 6.07) is 0. The lowest BCUT2D eigenvalue weighted by atomic mass is 10.0. The van der Waals surface area contributed by atoms with E-state index in [2.05, 4.69) is 27.7 Å². The number of rotatable bonds is 46. The van der Waals surface area contributed by atoms with E-state index in [9.17, 15) is 14.4 Å². The number of carbonyl (C=O) groups excluding carboxylic acids is 3. The van der Waals surface area contributed by atoms with Crippen molar-refractivity contribution < 1.29 is 28.6 Å². The van der Waals surface area contributed by atoms with E-state index in [4.69, 9.17) is 14.2 Å². The minimum Gasteiger partial charge on any atom is -0.462 e. The van der Waals surface area contributed by atoms with E-state index in [1.54, 1.807) is 0 Å². The van der Waals surface area contributed by atoms with Crippen molar-refractivity contribution in [3.63, 3.8) is 0 Å². The van der Waals surface area contributed by atoms with Crippen molar-refractivity contribution >= 4 is 17.9 Å². The van der Waals surface area contributed by atoms with Gasteiger partial charge >= 0.3 is 17.9 Å². The van der Waals surface area contributed by atoms with Gasteiger partial charge in [-0.3, -0.25) is 14.4 Å². The van der Waals surface area contributed by atoms with Crippen LogP contribution in [0.2, 0.25) is 0 Å². The van der Waals surface area contributed by atoms with Crippen LogP contribution in [0, 0.1) is 5.92 Å². The molecule has 0 rings (SSSR count). The third kappa shape index (κ3) is 45.3. The Bertz CT molecular complexity index is 857. The zero-order valence-corrected chi connectivity index (χ0v) is 38.8. The van der Waals surface area contributed by atoms with Crippen LogP contribution in [-0.2, 0) is 28.6 Å². The van der Waals surface area contributed by atoms with Gasteiger partial charge in [-0.2, -0.15) is 0 Å². The highest BCUT2D eigenvalue weighted by Gasteiger charge is 2.19. The van der Waals surface area contributed by atoms with Gasteiger partial charge in [0.15, 0.2) is 6.10 Å². The van der Waals surface area contributed by atoms with Crippen LogP contribution in [0.5, 0.6) is 0 Å². The lowest BCUT2D eigenvalue weighted by Gasteiger charge is -2.18. The molecule has 6 heteroatoms. The van der Waals surface area contributed by atoms with E-state index < -0.39 is 6.10 Å². The average Bonchev–Trinajstić information content (AvgIpc) is 3.19. The van der Waals surface area contributed by atoms with E-state index in [0.717, 1.165) is 63.7 Å². The Balaban J connectivity index is 4.25. The minimum atomic E-state index is -0.760. The van der Waals surface area contributed by atoms with Crippen molar-refractivity contribution in [3.05, 3.63) is 0 Å². The van der Waals surface area contributed by atoms with Gasteiger partial charge in [0.25, 0.3) is 0 Å². The monoisotopic (exact) mass is 807 g/mol. The summed E-state index contributed by atoms with van der Waals surface area (Å²) in [6.07, 6.45) is 46.6. The molecule has 0 spiro atoms. The van der Waals surface area contributed by atoms with Gasteiger partial charge in [-0.25, -0.2) is 0 Å². The summed E-state index contributed by atoms with van der Waals surface area (Å²) in [7, 11) is 0. The summed E-state index contributed by atoms with van der Waals surface area (Å²) in [6.45, 7) is 8.99. The van der Waals surface area contributed by atoms with Gasteiger partial charge in [-0.05, 0) is 25.2 Å². The van der Waals surface area contributed by atoms with Crippen LogP contribution in [0.15, 0.2) is 0 Å². The Morgan fingerprint density at radius 2 is 0.579 bits per heavy atom. The minimum absolute atomic E-state index is 0.0632. The molecule has 0 radical (unpaired) electrons. The molecule has 0 aliphatic rings. The third-order valence-electron chi connectivity index (χ3n) is 11.5. The second kappa shape index (κ2) is 45.5. The fraction of sp³-hybridized carbons (Fsp3) is 0.941. The zero-order chi connectivity index (χ0) is 41.7. The molecular weight excluding hydrogens is 709 g/mol. The molecule has 57 heavy (non-hydrogen) atoms. The molecule has 0 aromatic carbocycles. The highest BCUT2D eigenvalue weighted by atomic mass is 16.6. The molecule has 0 amide bonds. The van der Waals surface area contributed by atoms with E-state index in [1.165, 1.54) is 180 Å². The van der Waals surface area contributed by atoms with Gasteiger partial charge in [0.2, 0.25) is 0 Å². The van der Waals surface area contributed by atoms with Crippen molar-refractivity contribution in [2.45, 2.75) is 291 Å². The predicted octanol–water partition coefficient (Wildman–Crippen LogP) is 16.3. The van der Waals surface area contributed by atoms with Gasteiger partial charge in [0, 0.05) is 19.3 Å². The van der Waals surface area contributed by atoms with E-state index in [-0.39, 0.29) is 31.1 Å². The van der Waals surface area contributed by atoms with Crippen LogP contribution in [0.1, 0.15) is 285 Å². The maximum Gasteiger partial charge on any atom is 0.306 e. The fourth-order valence-electron chi connectivity index (χ4n) is 7.69. The van der Waals surface area contributed by atoms with Gasteiger partial charge in [-0.1, -0.05) is 246 Å². The van der Waals surface area contributed by atoms with E-state index in [0.29, 0.717) is 19.3 Å². The molecule has 0 N–H and O–H groups in total. The fourth-order valence-corrected chi connectivity index (χ4v) is 7.69. The summed E-state index contributed by atoms with van der Waals surface area (Å²) in [5, 5.41) is 0. The number of unbranched alkanes of at least 4 members (excludes halogenated alkanes) is 33. The van der Waals surface area contributed by atoms with Crippen LogP contribution in [0.4, 0.5) is 0 Å². The molecule has 0 aliphatic heterocycles. The van der Waals surface area contributed by atoms with Crippen molar-refractivity contribution in [2.24, 2.45) is 5.92 Å². The first-order valence-corrected chi connectivity index (χ1v) is 25.4. The van der Waals surface area contributed by atoms with Crippen molar-refractivity contribution in [1.82, 2.24) is 0 Å². The van der Waals surface area contributed by atoms with Crippen LogP contribution in [0.3, 0.4) is 0 Å². The molecule has 0 unspecified atom stereocenters. The smallest absolute Gasteiger partial charge is 0.306 e. The average molecular weight is 807 g/mol. The zero-order valence-electron chi connectivity index (χ0n) is 38.8. The maximum atomic E-state index is 12.7. The number of ether oxygens (including phenoxy) is 3. The third-order valence-corrected chi connectivity index (χ3v) is 11.5. The number of carbonyl (C=O) groups is 3. The molecule has 6 nitrogen and oxygen atoms in total. The largest absolute Gasteiger partial charge is 0.462 e. The first-order valence-electron chi connectivity index (χ1n) is 25.4. The lowest BCUT2D eigenvalue weighted by Crippen LogP contribution is -2.30. The summed E-state index contributed by atoms with van der Waals surface area (Å²) in [5.41, 5.74) is 0. The second-order valence-corrected chi connectivity index (χ2v) is 17.9. The quantitative estimate of drug-likeness (QED) is 0.0346. The lowest BCUT2D eigenvalue weighted by molar-refractivity contribution is -0.167. The molecular formula is C51H98O6. The van der Waals surface area contributed by atoms with Gasteiger partial charge in [-0.15, -0.1) is 0 Å². The molecule has 0 saturated heterocycles. The van der Waals surface area contributed by atoms with Crippen molar-refractivity contribution in [3.8, 4) is 0 Å². The molecule has 0 aromatic rings. The summed E-state index contributed by atoms with van der Waals surface area (Å²) >= 11 is 0. The second-order valence-electron chi connectivity index (χ2n) is 17.9. The topological polar surface area (TPSA) is 78.9 Å². The SMILES string of the molecule is CCCCCCCCCCCCCCCCCCCC(=O)OC[C@@H](COC(=O)CCCCCCCCCCC)OC(=O)CCCCCCCCCCCCC(C)C. The predicted molar refractivity (Wildman–Crippen MR) is 243 cm³/mol. The first-order chi connectivity index (χ1) is 27.9. The van der Waals surface area contributed by atoms with Gasteiger partial charge < -0.3 is 14.2 Å². The Morgan fingerprint density at radius 1 is 0.333 bits per heavy atom. The van der Waals surface area contributed by atoms with Crippen molar-refractivity contribution in [1.29, 1.82) is 0 Å². The summed E-state index contributed by atoms with van der Waals surface area (Å²) in [4.78, 5) is 37.8. The Kier molecular flexibility index (Phi) is 44.2. The van der Waals surface area contributed by atoms with Gasteiger partial charge in [0.1, 0.15) is 13.2 Å². The molecule has 0 bridgehead atoms. The summed E-state index contributed by atoms with van der Waals surface area (Å²) in [5.74, 6) is -0.0331. The Hall–Kier alpha value is -1.59. The molecule has 0 fully saturated rings. The van der Waals surface area contributed by atoms with Crippen LogP contribution >= 0.6 is 0 Å². The number of esters is 3. The Morgan fingerprint density at radius 3 is 0.860 bits per heavy atom. The number of hydrogen-bond donors (Lipinski definition) is 0. The van der Waals surface area contributed by atoms with Crippen LogP contribution in [-0.4, -0.2) is 37.2 Å². The molecule has 338 valence electrons. The standard InChI is InChI=1S/C51H98O6/c1-5-7-9-11-13-15-16-17-18-19-20-21-22-27-31-35-39-43-50(53)56-46-48(45-55-49(52)42-38-34-30-25-14-12-10-8-6-2)57-51(54)44-40-36-32-28-24-23-26-29-33-37-41-47(3)4/h47-48H,5-46H2,1-4H3/t48-/m1/s1. The van der Waals surface area contributed by atoms with Crippen LogP contribution < -0.4 is 0 Å². The molecule has 1 atom stereocenters. The molecule has 0 aliphatic carbocycles. The van der Waals surface area contributed by atoms with Crippen LogP contribution in [0.25, 0.3) is 0 Å². The number of hydrogen-bond acceptors (Lipinski definition) is 6. The molecule has 0 aromatic heterocycles. The first kappa shape index (κ1) is 55.4. The maximum absolute atomic E-state index is 12.7. The summed E-state index contributed by atoms with van der Waals surface area (Å²) < 4.78 is 16.8. The normalized spacial score (nSPS) is 11.9. The molecule has 0 saturated carbocycles. The molecule has 0 heterocycles. The Labute approximate surface area is 355 Å². The highest BCUT2D eigenvalue weighted by molar-refractivity contribution is 5.71.